The fraction of sp³-hybridized carbons (Fsp3) is 0.143. The molecule has 100 valence electrons. The van der Waals surface area contributed by atoms with Crippen LogP contribution in [0.2, 0.25) is 10.0 Å². The van der Waals surface area contributed by atoms with E-state index >= 15 is 0 Å². The molecule has 0 aliphatic rings. The second kappa shape index (κ2) is 6.24. The monoisotopic (exact) mass is 299 g/mol. The van der Waals surface area contributed by atoms with Gasteiger partial charge in [0.2, 0.25) is 0 Å². The molecule has 0 saturated heterocycles. The summed E-state index contributed by atoms with van der Waals surface area (Å²) < 4.78 is 19.4. The molecule has 0 saturated carbocycles. The van der Waals surface area contributed by atoms with E-state index in [-0.39, 0.29) is 19.0 Å². The fourth-order valence-corrected chi connectivity index (χ4v) is 2.18. The van der Waals surface area contributed by atoms with Crippen LogP contribution in [0, 0.1) is 5.82 Å². The van der Waals surface area contributed by atoms with Gasteiger partial charge < -0.3 is 10.5 Å². The first-order chi connectivity index (χ1) is 9.10. The summed E-state index contributed by atoms with van der Waals surface area (Å²) in [6.07, 6.45) is 0. The maximum absolute atomic E-state index is 13.9. The Morgan fingerprint density at radius 3 is 2.32 bits per heavy atom. The summed E-state index contributed by atoms with van der Waals surface area (Å²) in [4.78, 5) is 0. The predicted octanol–water partition coefficient (Wildman–Crippen LogP) is 4.17. The van der Waals surface area contributed by atoms with E-state index in [2.05, 4.69) is 0 Å². The van der Waals surface area contributed by atoms with Crippen molar-refractivity contribution in [2.45, 2.75) is 13.2 Å². The van der Waals surface area contributed by atoms with Crippen molar-refractivity contribution in [2.75, 3.05) is 0 Å². The Balaban J connectivity index is 2.14. The van der Waals surface area contributed by atoms with Crippen molar-refractivity contribution in [3.05, 3.63) is 63.4 Å². The van der Waals surface area contributed by atoms with Crippen molar-refractivity contribution in [1.82, 2.24) is 0 Å². The van der Waals surface area contributed by atoms with E-state index in [0.717, 1.165) is 0 Å². The molecule has 0 aromatic heterocycles. The topological polar surface area (TPSA) is 35.2 Å². The number of benzene rings is 2. The summed E-state index contributed by atoms with van der Waals surface area (Å²) in [6, 6.07) is 9.90. The van der Waals surface area contributed by atoms with E-state index in [1.165, 1.54) is 0 Å². The number of hydrogen-bond donors (Lipinski definition) is 1. The van der Waals surface area contributed by atoms with Crippen molar-refractivity contribution in [3.63, 3.8) is 0 Å². The van der Waals surface area contributed by atoms with Gasteiger partial charge in [0.15, 0.2) is 0 Å². The summed E-state index contributed by atoms with van der Waals surface area (Å²) in [7, 11) is 0. The Morgan fingerprint density at radius 2 is 1.68 bits per heavy atom. The standard InChI is InChI=1S/C14H12Cl2FNO/c15-11-4-12(16)6-13(5-11)19-8-10-3-1-2-9(7-18)14(10)17/h1-6H,7-8,18H2. The van der Waals surface area contributed by atoms with Crippen LogP contribution in [0.25, 0.3) is 0 Å². The van der Waals surface area contributed by atoms with E-state index < -0.39 is 0 Å². The third kappa shape index (κ3) is 3.60. The Morgan fingerprint density at radius 1 is 1.05 bits per heavy atom. The summed E-state index contributed by atoms with van der Waals surface area (Å²) in [6.45, 7) is 0.249. The highest BCUT2D eigenvalue weighted by molar-refractivity contribution is 6.34. The zero-order valence-corrected chi connectivity index (χ0v) is 11.5. The van der Waals surface area contributed by atoms with Crippen LogP contribution in [0.5, 0.6) is 5.75 Å². The smallest absolute Gasteiger partial charge is 0.134 e. The molecule has 0 aliphatic carbocycles. The highest BCUT2D eigenvalue weighted by atomic mass is 35.5. The average molecular weight is 300 g/mol. The van der Waals surface area contributed by atoms with Gasteiger partial charge in [-0.1, -0.05) is 41.4 Å². The molecule has 0 aliphatic heterocycles. The van der Waals surface area contributed by atoms with Crippen molar-refractivity contribution >= 4 is 23.2 Å². The molecular formula is C14H12Cl2FNO. The van der Waals surface area contributed by atoms with Crippen LogP contribution in [-0.2, 0) is 13.2 Å². The van der Waals surface area contributed by atoms with Gasteiger partial charge in [0.1, 0.15) is 18.2 Å². The van der Waals surface area contributed by atoms with Crippen LogP contribution < -0.4 is 10.5 Å². The lowest BCUT2D eigenvalue weighted by Crippen LogP contribution is -2.05. The van der Waals surface area contributed by atoms with Gasteiger partial charge in [-0.15, -0.1) is 0 Å². The van der Waals surface area contributed by atoms with Crippen LogP contribution in [0.3, 0.4) is 0 Å². The lowest BCUT2D eigenvalue weighted by atomic mass is 10.1. The molecule has 0 unspecified atom stereocenters. The van der Waals surface area contributed by atoms with Gasteiger partial charge in [0.25, 0.3) is 0 Å². The molecule has 2 aromatic rings. The van der Waals surface area contributed by atoms with E-state index in [1.807, 2.05) is 0 Å². The van der Waals surface area contributed by atoms with Crippen LogP contribution in [0.4, 0.5) is 4.39 Å². The Kier molecular flexibility index (Phi) is 4.64. The van der Waals surface area contributed by atoms with Crippen LogP contribution >= 0.6 is 23.2 Å². The van der Waals surface area contributed by atoms with Gasteiger partial charge in [0.05, 0.1) is 0 Å². The van der Waals surface area contributed by atoms with Crippen molar-refractivity contribution in [3.8, 4) is 5.75 Å². The van der Waals surface area contributed by atoms with Crippen molar-refractivity contribution in [2.24, 2.45) is 5.73 Å². The third-order valence-corrected chi connectivity index (χ3v) is 3.05. The van der Waals surface area contributed by atoms with E-state index in [1.54, 1.807) is 36.4 Å². The van der Waals surface area contributed by atoms with Gasteiger partial charge in [-0.05, 0) is 18.2 Å². The molecule has 0 bridgehead atoms. The Labute approximate surface area is 120 Å². The molecule has 2 N–H and O–H groups in total. The molecule has 5 heteroatoms. The molecule has 19 heavy (non-hydrogen) atoms. The first-order valence-electron chi connectivity index (χ1n) is 5.65. The van der Waals surface area contributed by atoms with Gasteiger partial charge >= 0.3 is 0 Å². The molecule has 0 radical (unpaired) electrons. The molecular weight excluding hydrogens is 288 g/mol. The van der Waals surface area contributed by atoms with Crippen LogP contribution in [0.1, 0.15) is 11.1 Å². The lowest BCUT2D eigenvalue weighted by molar-refractivity contribution is 0.299. The molecule has 0 amide bonds. The molecule has 2 aromatic carbocycles. The highest BCUT2D eigenvalue weighted by Crippen LogP contribution is 2.25. The minimum absolute atomic E-state index is 0.0936. The lowest BCUT2D eigenvalue weighted by Gasteiger charge is -2.10. The first-order valence-corrected chi connectivity index (χ1v) is 6.41. The quantitative estimate of drug-likeness (QED) is 0.919. The highest BCUT2D eigenvalue weighted by Gasteiger charge is 2.08. The second-order valence-electron chi connectivity index (χ2n) is 3.99. The fourth-order valence-electron chi connectivity index (χ4n) is 1.68. The summed E-state index contributed by atoms with van der Waals surface area (Å²) in [5.74, 6) is 0.160. The van der Waals surface area contributed by atoms with E-state index in [9.17, 15) is 4.39 Å². The van der Waals surface area contributed by atoms with Crippen molar-refractivity contribution in [1.29, 1.82) is 0 Å². The Hall–Kier alpha value is -1.29. The van der Waals surface area contributed by atoms with Gasteiger partial charge in [0, 0.05) is 27.7 Å². The zero-order chi connectivity index (χ0) is 13.8. The summed E-state index contributed by atoms with van der Waals surface area (Å²) >= 11 is 11.7. The van der Waals surface area contributed by atoms with Crippen LogP contribution in [-0.4, -0.2) is 0 Å². The number of nitrogens with two attached hydrogens (primary N) is 1. The molecule has 0 fully saturated rings. The summed E-state index contributed by atoms with van der Waals surface area (Å²) in [5, 5.41) is 0.942. The number of hydrogen-bond acceptors (Lipinski definition) is 2. The maximum Gasteiger partial charge on any atom is 0.134 e. The van der Waals surface area contributed by atoms with Gasteiger partial charge in [-0.25, -0.2) is 4.39 Å². The van der Waals surface area contributed by atoms with Crippen LogP contribution in [0.15, 0.2) is 36.4 Å². The Bertz CT molecular complexity index is 569. The minimum atomic E-state index is -0.335. The van der Waals surface area contributed by atoms with E-state index in [4.69, 9.17) is 33.7 Å². The number of ether oxygens (including phenoxy) is 1. The maximum atomic E-state index is 13.9. The molecule has 0 spiro atoms. The van der Waals surface area contributed by atoms with E-state index in [0.29, 0.717) is 26.9 Å². The molecule has 2 rings (SSSR count). The molecule has 2 nitrogen and oxygen atoms in total. The van der Waals surface area contributed by atoms with Crippen molar-refractivity contribution < 1.29 is 9.13 Å². The van der Waals surface area contributed by atoms with Gasteiger partial charge in [-0.3, -0.25) is 0 Å². The number of rotatable bonds is 4. The number of halogens is 3. The van der Waals surface area contributed by atoms with Gasteiger partial charge in [-0.2, -0.15) is 0 Å². The zero-order valence-electron chi connectivity index (χ0n) is 10.00. The largest absolute Gasteiger partial charge is 0.489 e. The third-order valence-electron chi connectivity index (χ3n) is 2.61. The second-order valence-corrected chi connectivity index (χ2v) is 4.86. The predicted molar refractivity (Wildman–Crippen MR) is 75.1 cm³/mol. The first kappa shape index (κ1) is 14.1. The SMILES string of the molecule is NCc1cccc(COc2cc(Cl)cc(Cl)c2)c1F. The molecule has 0 atom stereocenters. The summed E-state index contributed by atoms with van der Waals surface area (Å²) in [5.41, 5.74) is 6.36. The molecule has 0 heterocycles. The average Bonchev–Trinajstić information content (AvgIpc) is 2.36. The normalized spacial score (nSPS) is 10.5. The minimum Gasteiger partial charge on any atom is -0.489 e.